The van der Waals surface area contributed by atoms with Crippen molar-refractivity contribution in [2.75, 3.05) is 6.61 Å². The predicted molar refractivity (Wildman–Crippen MR) is 159 cm³/mol. The van der Waals surface area contributed by atoms with Gasteiger partial charge in [-0.3, -0.25) is 0 Å². The molecule has 6 rings (SSSR count). The van der Waals surface area contributed by atoms with Gasteiger partial charge in [0.15, 0.2) is 5.60 Å². The van der Waals surface area contributed by atoms with Gasteiger partial charge in [-0.2, -0.15) is 0 Å². The van der Waals surface area contributed by atoms with Crippen LogP contribution in [0.3, 0.4) is 0 Å². The van der Waals surface area contributed by atoms with E-state index in [0.717, 1.165) is 37.7 Å². The second-order valence-electron chi connectivity index (χ2n) is 13.1. The van der Waals surface area contributed by atoms with E-state index in [1.165, 1.54) is 0 Å². The molecule has 0 radical (unpaired) electrons. The third kappa shape index (κ3) is 6.91. The van der Waals surface area contributed by atoms with Crippen molar-refractivity contribution in [3.8, 4) is 17.8 Å². The minimum absolute atomic E-state index is 0.0757. The van der Waals surface area contributed by atoms with Crippen LogP contribution in [-0.2, 0) is 15.9 Å². The van der Waals surface area contributed by atoms with Crippen molar-refractivity contribution in [3.05, 3.63) is 42.5 Å². The van der Waals surface area contributed by atoms with Gasteiger partial charge in [0, 0.05) is 13.0 Å². The molecule has 2 saturated carbocycles. The number of ether oxygens (including phenoxy) is 3. The molecule has 1 aromatic rings. The molecular formula is C34H48O9. The summed E-state index contributed by atoms with van der Waals surface area (Å²) in [5.74, 6) is 2.79. The number of hydrogen-bond acceptors (Lipinski definition) is 9. The number of aliphatic hydroxyl groups is 6. The summed E-state index contributed by atoms with van der Waals surface area (Å²) in [7, 11) is 0. The molecule has 3 fully saturated rings. The molecule has 3 unspecified atom stereocenters. The third-order valence-corrected chi connectivity index (χ3v) is 10.4. The molecule has 0 aromatic heterocycles. The summed E-state index contributed by atoms with van der Waals surface area (Å²) in [4.78, 5) is 0. The molecule has 9 heteroatoms. The van der Waals surface area contributed by atoms with Gasteiger partial charge in [-0.1, -0.05) is 37.0 Å². The zero-order valence-electron chi connectivity index (χ0n) is 24.9. The van der Waals surface area contributed by atoms with Crippen molar-refractivity contribution in [1.82, 2.24) is 0 Å². The maximum atomic E-state index is 12.3. The van der Waals surface area contributed by atoms with Gasteiger partial charge < -0.3 is 44.8 Å². The molecule has 9 nitrogen and oxygen atoms in total. The van der Waals surface area contributed by atoms with Gasteiger partial charge in [0.05, 0.1) is 11.7 Å². The standard InChI is InChI=1S/C34H48O9/c1-2-7-22-11-15-25(16-12-22)42-32-34(40)21-26(23-13-14-24-8-3-4-17-33(24,39)20-23)27(36)9-6-19-41-28(10-5-18-35)30(43-32)29(37)31(34)38/h2,11-12,15-16,23-24,26-32,35-40H,1,3-5,7-10,13-14,17-18,20-21H2/t23-,24-,26?,27?,28+,29?,30-,31+,32-,33+,34+/m1/s1. The van der Waals surface area contributed by atoms with E-state index in [1.807, 2.05) is 12.1 Å². The fraction of sp³-hybridized carbons (Fsp3) is 0.706. The Hall–Kier alpha value is -2.16. The number of fused-ring (bicyclic) bond motifs is 9. The molecule has 6 N–H and O–H groups in total. The molecule has 1 saturated heterocycles. The van der Waals surface area contributed by atoms with Gasteiger partial charge in [0.1, 0.15) is 36.3 Å². The maximum Gasteiger partial charge on any atom is 0.232 e. The Morgan fingerprint density at radius 1 is 1.05 bits per heavy atom. The molecule has 238 valence electrons. The van der Waals surface area contributed by atoms with Crippen LogP contribution in [0.1, 0.15) is 76.2 Å². The molecule has 0 spiro atoms. The lowest BCUT2D eigenvalue weighted by atomic mass is 9.60. The number of rotatable bonds is 8. The summed E-state index contributed by atoms with van der Waals surface area (Å²) in [5, 5.41) is 67.9. The Morgan fingerprint density at radius 3 is 2.58 bits per heavy atom. The van der Waals surface area contributed by atoms with Crippen LogP contribution in [0.2, 0.25) is 0 Å². The zero-order valence-corrected chi connectivity index (χ0v) is 24.9. The van der Waals surface area contributed by atoms with Crippen LogP contribution in [0.4, 0.5) is 0 Å². The fourth-order valence-electron chi connectivity index (χ4n) is 7.91. The van der Waals surface area contributed by atoms with E-state index >= 15 is 0 Å². The lowest BCUT2D eigenvalue weighted by molar-refractivity contribution is -0.334. The predicted octanol–water partition coefficient (Wildman–Crippen LogP) is 2.58. The van der Waals surface area contributed by atoms with E-state index in [1.54, 1.807) is 18.2 Å². The van der Waals surface area contributed by atoms with Gasteiger partial charge >= 0.3 is 0 Å². The highest BCUT2D eigenvalue weighted by Crippen LogP contribution is 2.50. The summed E-state index contributed by atoms with van der Waals surface area (Å²) >= 11 is 0. The minimum atomic E-state index is -2.11. The van der Waals surface area contributed by atoms with E-state index in [4.69, 9.17) is 14.2 Å². The first-order valence-corrected chi connectivity index (χ1v) is 15.9. The monoisotopic (exact) mass is 600 g/mol. The molecule has 2 bridgehead atoms. The van der Waals surface area contributed by atoms with E-state index in [-0.39, 0.29) is 37.7 Å². The van der Waals surface area contributed by atoms with Crippen LogP contribution in [0.25, 0.3) is 0 Å². The Labute approximate surface area is 254 Å². The quantitative estimate of drug-likeness (QED) is 0.196. The fourth-order valence-corrected chi connectivity index (χ4v) is 7.91. The van der Waals surface area contributed by atoms with Gasteiger partial charge in [-0.05, 0) is 93.2 Å². The molecule has 2 aliphatic carbocycles. The first kappa shape index (κ1) is 32.2. The average Bonchev–Trinajstić information content (AvgIpc) is 3.00. The normalized spacial score (nSPS) is 41.4. The molecule has 5 aliphatic rings. The summed E-state index contributed by atoms with van der Waals surface area (Å²) in [6, 6.07) is 7.24. The SMILES string of the molecule is C=CCc1ccc(O[C@@H]2O[C@H]3C(O)[C@H](O)[C@@]2(O)CC([C@@H]2CC[C@H]4CCCC[C@]4(O)C2)C(O)CC#CO[C@H]3CCCO)cc1. The number of benzene rings is 1. The van der Waals surface area contributed by atoms with Gasteiger partial charge in [0.2, 0.25) is 6.29 Å². The average molecular weight is 601 g/mol. The smallest absolute Gasteiger partial charge is 0.232 e. The van der Waals surface area contributed by atoms with Gasteiger partial charge in [0.25, 0.3) is 0 Å². The van der Waals surface area contributed by atoms with Crippen molar-refractivity contribution in [2.45, 2.75) is 125 Å². The Morgan fingerprint density at radius 2 is 1.84 bits per heavy atom. The molecule has 43 heavy (non-hydrogen) atoms. The molecule has 3 heterocycles. The summed E-state index contributed by atoms with van der Waals surface area (Å²) < 4.78 is 18.3. The topological polar surface area (TPSA) is 149 Å². The number of hydrogen-bond donors (Lipinski definition) is 6. The highest BCUT2D eigenvalue weighted by atomic mass is 16.7. The lowest BCUT2D eigenvalue weighted by Crippen LogP contribution is -2.70. The van der Waals surface area contributed by atoms with Crippen molar-refractivity contribution in [3.63, 3.8) is 0 Å². The van der Waals surface area contributed by atoms with Crippen LogP contribution in [0.15, 0.2) is 36.9 Å². The Bertz CT molecular complexity index is 1130. The first-order chi connectivity index (χ1) is 20.7. The Kier molecular flexibility index (Phi) is 10.4. The van der Waals surface area contributed by atoms with E-state index in [9.17, 15) is 30.6 Å². The first-order valence-electron chi connectivity index (χ1n) is 15.9. The third-order valence-electron chi connectivity index (χ3n) is 10.4. The largest absolute Gasteiger partial charge is 0.462 e. The van der Waals surface area contributed by atoms with Gasteiger partial charge in [-0.15, -0.1) is 6.58 Å². The summed E-state index contributed by atoms with van der Waals surface area (Å²) in [6.07, 6.45) is 3.90. The van der Waals surface area contributed by atoms with E-state index < -0.39 is 53.9 Å². The highest BCUT2D eigenvalue weighted by molar-refractivity contribution is 5.29. The zero-order chi connectivity index (χ0) is 30.6. The molecular weight excluding hydrogens is 552 g/mol. The van der Waals surface area contributed by atoms with Crippen LogP contribution in [0, 0.1) is 29.8 Å². The molecule has 3 aliphatic heterocycles. The van der Waals surface area contributed by atoms with Crippen LogP contribution >= 0.6 is 0 Å². The van der Waals surface area contributed by atoms with Crippen molar-refractivity contribution in [2.24, 2.45) is 17.8 Å². The highest BCUT2D eigenvalue weighted by Gasteiger charge is 2.60. The Balaban J connectivity index is 1.50. The van der Waals surface area contributed by atoms with Crippen molar-refractivity contribution < 1.29 is 44.8 Å². The minimum Gasteiger partial charge on any atom is -0.462 e. The van der Waals surface area contributed by atoms with Crippen molar-refractivity contribution in [1.29, 1.82) is 0 Å². The lowest BCUT2D eigenvalue weighted by Gasteiger charge is -2.53. The number of aliphatic hydroxyl groups excluding tert-OH is 4. The summed E-state index contributed by atoms with van der Waals surface area (Å²) in [5.41, 5.74) is -1.91. The van der Waals surface area contributed by atoms with Gasteiger partial charge in [-0.25, -0.2) is 0 Å². The maximum absolute atomic E-state index is 12.3. The van der Waals surface area contributed by atoms with Crippen LogP contribution in [0.5, 0.6) is 5.75 Å². The molecule has 0 amide bonds. The molecule has 1 aromatic carbocycles. The second-order valence-corrected chi connectivity index (χ2v) is 13.1. The van der Waals surface area contributed by atoms with E-state index in [0.29, 0.717) is 31.4 Å². The van der Waals surface area contributed by atoms with E-state index in [2.05, 4.69) is 18.6 Å². The molecule has 11 atom stereocenters. The van der Waals surface area contributed by atoms with Crippen molar-refractivity contribution >= 4 is 0 Å². The number of allylic oxidation sites excluding steroid dienone is 1. The van der Waals surface area contributed by atoms with Crippen LogP contribution in [-0.4, -0.2) is 85.3 Å². The van der Waals surface area contributed by atoms with Crippen LogP contribution < -0.4 is 4.74 Å². The second kappa shape index (κ2) is 13.9. The summed E-state index contributed by atoms with van der Waals surface area (Å²) in [6.45, 7) is 3.65.